The summed E-state index contributed by atoms with van der Waals surface area (Å²) < 4.78 is 2.24. The van der Waals surface area contributed by atoms with Crippen molar-refractivity contribution in [2.45, 2.75) is 0 Å². The SMILES string of the molecule is c1ccc(N(c2ccc(-c3nc4ccccc4n3-c3ccccc3)cc2)c2cccc3ccccc23)cc1. The highest BCUT2D eigenvalue weighted by Crippen LogP contribution is 2.39. The third kappa shape index (κ3) is 3.82. The molecule has 3 nitrogen and oxygen atoms in total. The van der Waals surface area contributed by atoms with Crippen molar-refractivity contribution in [3.8, 4) is 17.1 Å². The van der Waals surface area contributed by atoms with Crippen molar-refractivity contribution in [2.24, 2.45) is 0 Å². The summed E-state index contributed by atoms with van der Waals surface area (Å²) in [7, 11) is 0. The highest BCUT2D eigenvalue weighted by Gasteiger charge is 2.17. The Kier molecular flexibility index (Phi) is 5.45. The molecule has 0 bridgehead atoms. The van der Waals surface area contributed by atoms with Crippen LogP contribution in [-0.2, 0) is 0 Å². The molecule has 0 radical (unpaired) electrons. The zero-order chi connectivity index (χ0) is 25.3. The highest BCUT2D eigenvalue weighted by atomic mass is 15.1. The van der Waals surface area contributed by atoms with Crippen molar-refractivity contribution in [3.05, 3.63) is 152 Å². The number of hydrogen-bond donors (Lipinski definition) is 0. The van der Waals surface area contributed by atoms with E-state index in [2.05, 4.69) is 149 Å². The number of para-hydroxylation sites is 4. The Hall–Kier alpha value is -5.15. The van der Waals surface area contributed by atoms with E-state index in [1.165, 1.54) is 10.8 Å². The first kappa shape index (κ1) is 22.1. The van der Waals surface area contributed by atoms with Gasteiger partial charge in [0.05, 0.1) is 16.7 Å². The number of nitrogens with zero attached hydrogens (tertiary/aromatic N) is 3. The molecule has 6 aromatic carbocycles. The molecule has 0 saturated carbocycles. The van der Waals surface area contributed by atoms with Gasteiger partial charge in [0.2, 0.25) is 0 Å². The third-order valence-corrected chi connectivity index (χ3v) is 6.98. The molecule has 0 amide bonds. The van der Waals surface area contributed by atoms with E-state index in [9.17, 15) is 0 Å². The molecule has 3 heteroatoms. The second-order valence-electron chi connectivity index (χ2n) is 9.31. The van der Waals surface area contributed by atoms with E-state index in [0.717, 1.165) is 45.2 Å². The molecule has 7 aromatic rings. The summed E-state index contributed by atoms with van der Waals surface area (Å²) in [5.74, 6) is 0.931. The van der Waals surface area contributed by atoms with Crippen LogP contribution in [0.15, 0.2) is 152 Å². The van der Waals surface area contributed by atoms with Gasteiger partial charge in [-0.1, -0.05) is 84.9 Å². The van der Waals surface area contributed by atoms with Crippen LogP contribution in [0.1, 0.15) is 0 Å². The molecule has 1 aromatic heterocycles. The zero-order valence-corrected chi connectivity index (χ0v) is 20.8. The molecule has 0 aliphatic heterocycles. The van der Waals surface area contributed by atoms with E-state index in [-0.39, 0.29) is 0 Å². The lowest BCUT2D eigenvalue weighted by molar-refractivity contribution is 1.10. The molecule has 0 fully saturated rings. The molecular formula is C35H25N3. The first-order valence-electron chi connectivity index (χ1n) is 12.8. The van der Waals surface area contributed by atoms with Crippen LogP contribution in [0.5, 0.6) is 0 Å². The summed E-state index contributed by atoms with van der Waals surface area (Å²) >= 11 is 0. The lowest BCUT2D eigenvalue weighted by Gasteiger charge is -2.27. The second kappa shape index (κ2) is 9.38. The fraction of sp³-hybridized carbons (Fsp3) is 0. The van der Waals surface area contributed by atoms with E-state index < -0.39 is 0 Å². The minimum absolute atomic E-state index is 0.931. The zero-order valence-electron chi connectivity index (χ0n) is 20.8. The first-order chi connectivity index (χ1) is 18.9. The standard InChI is InChI=1S/C35H25N3/c1-3-14-28(15-4-1)37(33-21-11-13-26-12-7-8-18-31(26)33)30-24-22-27(23-25-30)35-36-32-19-9-10-20-34(32)38(35)29-16-5-2-6-17-29/h1-25H. The first-order valence-corrected chi connectivity index (χ1v) is 12.8. The van der Waals surface area contributed by atoms with E-state index in [1.807, 2.05) is 12.1 Å². The Labute approximate surface area is 221 Å². The summed E-state index contributed by atoms with van der Waals surface area (Å²) in [4.78, 5) is 7.37. The van der Waals surface area contributed by atoms with Gasteiger partial charge in [0.1, 0.15) is 5.82 Å². The van der Waals surface area contributed by atoms with Crippen molar-refractivity contribution < 1.29 is 0 Å². The van der Waals surface area contributed by atoms with Crippen molar-refractivity contribution in [1.29, 1.82) is 0 Å². The predicted molar refractivity (Wildman–Crippen MR) is 159 cm³/mol. The van der Waals surface area contributed by atoms with Gasteiger partial charge in [0, 0.05) is 28.0 Å². The average Bonchev–Trinajstić information content (AvgIpc) is 3.39. The molecule has 0 aliphatic rings. The second-order valence-corrected chi connectivity index (χ2v) is 9.31. The minimum atomic E-state index is 0.931. The number of hydrogen-bond acceptors (Lipinski definition) is 2. The fourth-order valence-electron chi connectivity index (χ4n) is 5.23. The van der Waals surface area contributed by atoms with Gasteiger partial charge < -0.3 is 4.90 Å². The Morgan fingerprint density at radius 2 is 1.13 bits per heavy atom. The van der Waals surface area contributed by atoms with Crippen LogP contribution in [0.2, 0.25) is 0 Å². The van der Waals surface area contributed by atoms with Gasteiger partial charge in [-0.2, -0.15) is 0 Å². The van der Waals surface area contributed by atoms with Gasteiger partial charge in [0.15, 0.2) is 0 Å². The molecule has 0 aliphatic carbocycles. The van der Waals surface area contributed by atoms with Crippen molar-refractivity contribution >= 4 is 38.9 Å². The van der Waals surface area contributed by atoms with Gasteiger partial charge in [0.25, 0.3) is 0 Å². The molecule has 180 valence electrons. The fourth-order valence-corrected chi connectivity index (χ4v) is 5.23. The maximum atomic E-state index is 5.04. The van der Waals surface area contributed by atoms with E-state index >= 15 is 0 Å². The monoisotopic (exact) mass is 487 g/mol. The van der Waals surface area contributed by atoms with Crippen molar-refractivity contribution in [3.63, 3.8) is 0 Å². The Morgan fingerprint density at radius 1 is 0.500 bits per heavy atom. The molecular weight excluding hydrogens is 462 g/mol. The minimum Gasteiger partial charge on any atom is -0.310 e. The van der Waals surface area contributed by atoms with E-state index in [1.54, 1.807) is 0 Å². The largest absolute Gasteiger partial charge is 0.310 e. The van der Waals surface area contributed by atoms with Crippen LogP contribution in [0.25, 0.3) is 38.9 Å². The van der Waals surface area contributed by atoms with Gasteiger partial charge in [-0.25, -0.2) is 4.98 Å². The van der Waals surface area contributed by atoms with Crippen LogP contribution in [0, 0.1) is 0 Å². The molecule has 0 N–H and O–H groups in total. The maximum absolute atomic E-state index is 5.04. The number of aromatic nitrogens is 2. The van der Waals surface area contributed by atoms with Gasteiger partial charge in [-0.05, 0) is 72.1 Å². The molecule has 1 heterocycles. The summed E-state index contributed by atoms with van der Waals surface area (Å²) in [5, 5.41) is 2.44. The summed E-state index contributed by atoms with van der Waals surface area (Å²) in [6, 6.07) is 53.1. The van der Waals surface area contributed by atoms with Gasteiger partial charge >= 0.3 is 0 Å². The van der Waals surface area contributed by atoms with Crippen LogP contribution in [-0.4, -0.2) is 9.55 Å². The van der Waals surface area contributed by atoms with E-state index in [0.29, 0.717) is 0 Å². The van der Waals surface area contributed by atoms with Crippen LogP contribution < -0.4 is 4.90 Å². The number of rotatable bonds is 5. The number of imidazole rings is 1. The summed E-state index contributed by atoms with van der Waals surface area (Å²) in [6.07, 6.45) is 0. The summed E-state index contributed by atoms with van der Waals surface area (Å²) in [6.45, 7) is 0. The quantitative estimate of drug-likeness (QED) is 0.241. The lowest BCUT2D eigenvalue weighted by atomic mass is 10.1. The van der Waals surface area contributed by atoms with Crippen LogP contribution >= 0.6 is 0 Å². The van der Waals surface area contributed by atoms with Crippen molar-refractivity contribution in [1.82, 2.24) is 9.55 Å². The normalized spacial score (nSPS) is 11.2. The van der Waals surface area contributed by atoms with Crippen LogP contribution in [0.3, 0.4) is 0 Å². The number of anilines is 3. The molecule has 0 unspecified atom stereocenters. The molecule has 0 atom stereocenters. The van der Waals surface area contributed by atoms with Crippen LogP contribution in [0.4, 0.5) is 17.1 Å². The molecule has 0 saturated heterocycles. The average molecular weight is 488 g/mol. The molecule has 7 rings (SSSR count). The van der Waals surface area contributed by atoms with Crippen molar-refractivity contribution in [2.75, 3.05) is 4.90 Å². The van der Waals surface area contributed by atoms with Gasteiger partial charge in [-0.15, -0.1) is 0 Å². The Balaban J connectivity index is 1.38. The predicted octanol–water partition coefficient (Wildman–Crippen LogP) is 9.32. The topological polar surface area (TPSA) is 21.1 Å². The van der Waals surface area contributed by atoms with Gasteiger partial charge in [-0.3, -0.25) is 4.57 Å². The third-order valence-electron chi connectivity index (χ3n) is 6.98. The Morgan fingerprint density at radius 3 is 1.95 bits per heavy atom. The maximum Gasteiger partial charge on any atom is 0.145 e. The highest BCUT2D eigenvalue weighted by molar-refractivity contribution is 5.99. The Bertz CT molecular complexity index is 1850. The lowest BCUT2D eigenvalue weighted by Crippen LogP contribution is -2.10. The number of benzene rings is 6. The molecule has 38 heavy (non-hydrogen) atoms. The number of fused-ring (bicyclic) bond motifs is 2. The summed E-state index contributed by atoms with van der Waals surface area (Å²) in [5.41, 5.74) is 7.61. The smallest absolute Gasteiger partial charge is 0.145 e. The molecule has 0 spiro atoms. The van der Waals surface area contributed by atoms with E-state index in [4.69, 9.17) is 4.98 Å².